The van der Waals surface area contributed by atoms with E-state index in [-0.39, 0.29) is 17.7 Å². The zero-order chi connectivity index (χ0) is 22.6. The first-order chi connectivity index (χ1) is 14.7. The molecule has 2 saturated carbocycles. The molecule has 0 amide bonds. The normalized spacial score (nSPS) is 31.0. The van der Waals surface area contributed by atoms with Gasteiger partial charge in [0.05, 0.1) is 25.4 Å². The highest BCUT2D eigenvalue weighted by atomic mass is 35.5. The number of hydrogen-bond donors (Lipinski definition) is 3. The summed E-state index contributed by atoms with van der Waals surface area (Å²) in [7, 11) is 1.27. The zero-order valence-corrected chi connectivity index (χ0v) is 18.3. The Kier molecular flexibility index (Phi) is 5.80. The molecular weight excluding hydrogens is 426 g/mol. The third-order valence-electron chi connectivity index (χ3n) is 7.58. The van der Waals surface area contributed by atoms with Gasteiger partial charge in [-0.25, -0.2) is 4.39 Å². The second-order valence-corrected chi connectivity index (χ2v) is 9.37. The van der Waals surface area contributed by atoms with Crippen molar-refractivity contribution in [1.82, 2.24) is 0 Å². The van der Waals surface area contributed by atoms with Crippen LogP contribution >= 0.6 is 11.6 Å². The van der Waals surface area contributed by atoms with E-state index < -0.39 is 40.8 Å². The summed E-state index contributed by atoms with van der Waals surface area (Å²) in [5, 5.41) is 33.2. The Morgan fingerprint density at radius 1 is 1.13 bits per heavy atom. The number of methoxy groups -OCH3 is 1. The molecule has 7 heteroatoms. The van der Waals surface area contributed by atoms with E-state index in [9.17, 15) is 24.1 Å². The maximum atomic E-state index is 14.5. The summed E-state index contributed by atoms with van der Waals surface area (Å²) in [4.78, 5) is 0. The van der Waals surface area contributed by atoms with Crippen LogP contribution in [0.25, 0.3) is 0 Å². The van der Waals surface area contributed by atoms with Crippen LogP contribution < -0.4 is 4.74 Å². The van der Waals surface area contributed by atoms with Gasteiger partial charge in [0.2, 0.25) is 5.82 Å². The second kappa shape index (κ2) is 8.00. The van der Waals surface area contributed by atoms with Crippen LogP contribution in [-0.2, 0) is 11.8 Å². The number of fused-ring (bicyclic) bond motifs is 2. The maximum absolute atomic E-state index is 14.5. The quantitative estimate of drug-likeness (QED) is 0.638. The van der Waals surface area contributed by atoms with Crippen LogP contribution in [0.15, 0.2) is 30.3 Å². The molecule has 2 aromatic rings. The first-order valence-corrected chi connectivity index (χ1v) is 10.9. The van der Waals surface area contributed by atoms with Gasteiger partial charge in [-0.1, -0.05) is 36.2 Å². The standard InChI is InChI=1S/C24H27ClF2O4/c1-13(28)23-8-3-9-24(22(23)30,19(29)12-23)16-5-6-17(25)15(11-16)10-14-4-7-18(31-2)21(27)20(14)26/h4-7,11,13,19,22,28-30H,3,8-10,12H2,1-2H3. The van der Waals surface area contributed by atoms with Crippen molar-refractivity contribution < 1.29 is 28.8 Å². The highest BCUT2D eigenvalue weighted by Crippen LogP contribution is 2.61. The monoisotopic (exact) mass is 452 g/mol. The predicted octanol–water partition coefficient (Wildman–Crippen LogP) is 4.13. The Morgan fingerprint density at radius 2 is 1.87 bits per heavy atom. The van der Waals surface area contributed by atoms with Crippen LogP contribution in [0, 0.1) is 17.0 Å². The Morgan fingerprint density at radius 3 is 2.55 bits per heavy atom. The molecule has 2 aromatic carbocycles. The van der Waals surface area contributed by atoms with Gasteiger partial charge in [-0.2, -0.15) is 4.39 Å². The van der Waals surface area contributed by atoms with E-state index in [0.717, 1.165) is 6.42 Å². The van der Waals surface area contributed by atoms with Crippen molar-refractivity contribution in [3.8, 4) is 5.75 Å². The van der Waals surface area contributed by atoms with Crippen molar-refractivity contribution in [3.63, 3.8) is 0 Å². The Labute approximate surface area is 185 Å². The molecule has 2 aliphatic rings. The minimum atomic E-state index is -1.05. The van der Waals surface area contributed by atoms with Crippen LogP contribution in [-0.4, -0.2) is 40.7 Å². The molecule has 31 heavy (non-hydrogen) atoms. The van der Waals surface area contributed by atoms with Crippen LogP contribution in [0.4, 0.5) is 8.78 Å². The number of rotatable bonds is 5. The van der Waals surface area contributed by atoms with Gasteiger partial charge < -0.3 is 20.1 Å². The molecule has 0 heterocycles. The highest BCUT2D eigenvalue weighted by molar-refractivity contribution is 6.31. The van der Waals surface area contributed by atoms with Gasteiger partial charge in [0.15, 0.2) is 11.6 Å². The predicted molar refractivity (Wildman–Crippen MR) is 113 cm³/mol. The number of aliphatic hydroxyl groups excluding tert-OH is 3. The zero-order valence-electron chi connectivity index (χ0n) is 17.5. The van der Waals surface area contributed by atoms with E-state index in [1.807, 2.05) is 0 Å². The fourth-order valence-corrected chi connectivity index (χ4v) is 5.96. The summed E-state index contributed by atoms with van der Waals surface area (Å²) >= 11 is 6.38. The Hall–Kier alpha value is -1.73. The van der Waals surface area contributed by atoms with Crippen molar-refractivity contribution in [2.24, 2.45) is 5.41 Å². The number of ether oxygens (including phenoxy) is 1. The average molecular weight is 453 g/mol. The lowest BCUT2D eigenvalue weighted by atomic mass is 9.61. The largest absolute Gasteiger partial charge is 0.494 e. The first-order valence-electron chi connectivity index (χ1n) is 10.5. The van der Waals surface area contributed by atoms with Gasteiger partial charge in [-0.3, -0.25) is 0 Å². The summed E-state index contributed by atoms with van der Waals surface area (Å²) in [5.74, 6) is -2.22. The van der Waals surface area contributed by atoms with Gasteiger partial charge in [0.25, 0.3) is 0 Å². The molecule has 0 spiro atoms. The number of halogens is 3. The van der Waals surface area contributed by atoms with Crippen LogP contribution in [0.3, 0.4) is 0 Å². The van der Waals surface area contributed by atoms with Crippen molar-refractivity contribution in [2.75, 3.05) is 7.11 Å². The van der Waals surface area contributed by atoms with E-state index >= 15 is 0 Å². The van der Waals surface area contributed by atoms with Gasteiger partial charge in [0.1, 0.15) is 0 Å². The lowest BCUT2D eigenvalue weighted by molar-refractivity contribution is -0.0913. The molecule has 0 saturated heterocycles. The van der Waals surface area contributed by atoms with Gasteiger partial charge in [-0.15, -0.1) is 0 Å². The number of aliphatic hydroxyl groups is 3. The summed E-state index contributed by atoms with van der Waals surface area (Å²) in [5.41, 5.74) is -0.301. The Bertz CT molecular complexity index is 998. The van der Waals surface area contributed by atoms with Crippen molar-refractivity contribution >= 4 is 11.6 Å². The van der Waals surface area contributed by atoms with Crippen LogP contribution in [0.5, 0.6) is 5.75 Å². The SMILES string of the molecule is COc1ccc(Cc2cc(C34CCCC(C(C)O)(CC3O)C4O)ccc2Cl)c(F)c1F. The van der Waals surface area contributed by atoms with Gasteiger partial charge >= 0.3 is 0 Å². The van der Waals surface area contributed by atoms with Crippen molar-refractivity contribution in [2.45, 2.75) is 62.8 Å². The van der Waals surface area contributed by atoms with E-state index in [2.05, 4.69) is 0 Å². The smallest absolute Gasteiger partial charge is 0.200 e. The summed E-state index contributed by atoms with van der Waals surface area (Å²) in [6.07, 6.45) is -0.197. The molecule has 5 atom stereocenters. The average Bonchev–Trinajstić information content (AvgIpc) is 2.86. The van der Waals surface area contributed by atoms with Gasteiger partial charge in [0, 0.05) is 22.3 Å². The van der Waals surface area contributed by atoms with Crippen molar-refractivity contribution in [1.29, 1.82) is 0 Å². The third kappa shape index (κ3) is 3.27. The maximum Gasteiger partial charge on any atom is 0.200 e. The fourth-order valence-electron chi connectivity index (χ4n) is 5.77. The molecular formula is C24H27ClF2O4. The lowest BCUT2D eigenvalue weighted by Crippen LogP contribution is -2.53. The Balaban J connectivity index is 1.75. The van der Waals surface area contributed by atoms with Crippen molar-refractivity contribution in [3.05, 3.63) is 63.7 Å². The molecule has 0 radical (unpaired) electrons. The van der Waals surface area contributed by atoms with E-state index in [0.29, 0.717) is 35.4 Å². The van der Waals surface area contributed by atoms with Crippen LogP contribution in [0.2, 0.25) is 5.02 Å². The molecule has 0 aromatic heterocycles. The minimum absolute atomic E-state index is 0.0449. The molecule has 0 aliphatic heterocycles. The molecule has 2 fully saturated rings. The molecule has 2 aliphatic carbocycles. The van der Waals surface area contributed by atoms with E-state index in [4.69, 9.17) is 16.3 Å². The fraction of sp³-hybridized carbons (Fsp3) is 0.500. The number of benzene rings is 2. The lowest BCUT2D eigenvalue weighted by Gasteiger charge is -2.46. The molecule has 168 valence electrons. The summed E-state index contributed by atoms with van der Waals surface area (Å²) in [6, 6.07) is 8.02. The summed E-state index contributed by atoms with van der Waals surface area (Å²) in [6.45, 7) is 1.66. The number of hydrogen-bond acceptors (Lipinski definition) is 4. The third-order valence-corrected chi connectivity index (χ3v) is 7.94. The van der Waals surface area contributed by atoms with Crippen LogP contribution in [0.1, 0.15) is 49.3 Å². The molecule has 4 nitrogen and oxygen atoms in total. The molecule has 4 rings (SSSR count). The van der Waals surface area contributed by atoms with E-state index in [1.54, 1.807) is 25.1 Å². The highest BCUT2D eigenvalue weighted by Gasteiger charge is 2.65. The van der Waals surface area contributed by atoms with E-state index in [1.165, 1.54) is 19.2 Å². The molecule has 3 N–H and O–H groups in total. The topological polar surface area (TPSA) is 69.9 Å². The minimum Gasteiger partial charge on any atom is -0.494 e. The second-order valence-electron chi connectivity index (χ2n) is 8.96. The summed E-state index contributed by atoms with van der Waals surface area (Å²) < 4.78 is 33.5. The molecule has 2 bridgehead atoms. The first kappa shape index (κ1) is 22.5. The molecule has 5 unspecified atom stereocenters. The van der Waals surface area contributed by atoms with Gasteiger partial charge in [-0.05, 0) is 55.0 Å².